The standard InChI is InChI=1S/C22H20N6O4/c1-22(2,3)15-8-4-13(5-9-15)19-25-21-24-18(29)12-17(27(21)26-19)23-20(30)14-6-10-16(11-7-14)28(31)32/h4-12H,1-3H3,(H,23,30)(H,24,25,26,29). The van der Waals surface area contributed by atoms with E-state index in [4.69, 9.17) is 0 Å². The predicted molar refractivity (Wildman–Crippen MR) is 119 cm³/mol. The highest BCUT2D eigenvalue weighted by molar-refractivity contribution is 6.04. The molecule has 162 valence electrons. The Morgan fingerprint density at radius 2 is 1.75 bits per heavy atom. The van der Waals surface area contributed by atoms with Crippen LogP contribution >= 0.6 is 0 Å². The molecule has 0 aliphatic carbocycles. The summed E-state index contributed by atoms with van der Waals surface area (Å²) in [4.78, 5) is 41.9. The highest BCUT2D eigenvalue weighted by Crippen LogP contribution is 2.25. The van der Waals surface area contributed by atoms with E-state index < -0.39 is 16.4 Å². The maximum absolute atomic E-state index is 12.6. The zero-order chi connectivity index (χ0) is 23.0. The van der Waals surface area contributed by atoms with E-state index in [9.17, 15) is 19.7 Å². The zero-order valence-corrected chi connectivity index (χ0v) is 17.6. The summed E-state index contributed by atoms with van der Waals surface area (Å²) in [5, 5.41) is 17.8. The van der Waals surface area contributed by atoms with Crippen molar-refractivity contribution >= 4 is 23.2 Å². The topological polar surface area (TPSA) is 135 Å². The number of carbonyl (C=O) groups excluding carboxylic acids is 1. The number of nitro groups is 1. The Morgan fingerprint density at radius 1 is 1.09 bits per heavy atom. The van der Waals surface area contributed by atoms with Gasteiger partial charge in [0.15, 0.2) is 5.82 Å². The minimum Gasteiger partial charge on any atom is -0.306 e. The molecule has 0 saturated heterocycles. The van der Waals surface area contributed by atoms with Crippen LogP contribution in [0, 0.1) is 10.1 Å². The van der Waals surface area contributed by atoms with Gasteiger partial charge in [-0.1, -0.05) is 45.0 Å². The van der Waals surface area contributed by atoms with Crippen molar-refractivity contribution in [3.8, 4) is 11.4 Å². The third kappa shape index (κ3) is 4.10. The van der Waals surface area contributed by atoms with Crippen molar-refractivity contribution in [1.82, 2.24) is 19.6 Å². The lowest BCUT2D eigenvalue weighted by Crippen LogP contribution is -2.18. The molecule has 2 heterocycles. The van der Waals surface area contributed by atoms with E-state index in [-0.39, 0.29) is 28.3 Å². The largest absolute Gasteiger partial charge is 0.306 e. The number of nitrogens with zero attached hydrogens (tertiary/aromatic N) is 4. The normalized spacial score (nSPS) is 11.5. The zero-order valence-electron chi connectivity index (χ0n) is 17.6. The summed E-state index contributed by atoms with van der Waals surface area (Å²) in [5.74, 6) is 0.139. The molecule has 4 rings (SSSR count). The van der Waals surface area contributed by atoms with E-state index >= 15 is 0 Å². The molecular formula is C22H20N6O4. The molecule has 0 atom stereocenters. The van der Waals surface area contributed by atoms with Crippen LogP contribution in [0.2, 0.25) is 0 Å². The summed E-state index contributed by atoms with van der Waals surface area (Å²) in [7, 11) is 0. The molecule has 0 radical (unpaired) electrons. The Balaban J connectivity index is 1.67. The first-order valence-corrected chi connectivity index (χ1v) is 9.79. The van der Waals surface area contributed by atoms with E-state index in [1.54, 1.807) is 0 Å². The van der Waals surface area contributed by atoms with Gasteiger partial charge in [-0.25, -0.2) is 0 Å². The second-order valence-electron chi connectivity index (χ2n) is 8.28. The van der Waals surface area contributed by atoms with Crippen molar-refractivity contribution in [2.75, 3.05) is 5.32 Å². The lowest BCUT2D eigenvalue weighted by atomic mass is 9.87. The average Bonchev–Trinajstić information content (AvgIpc) is 3.17. The quantitative estimate of drug-likeness (QED) is 0.374. The van der Waals surface area contributed by atoms with Gasteiger partial charge in [0.25, 0.3) is 17.2 Å². The Labute approximate surface area is 182 Å². The van der Waals surface area contributed by atoms with Crippen LogP contribution in [-0.4, -0.2) is 30.4 Å². The number of fused-ring (bicyclic) bond motifs is 1. The molecule has 1 amide bonds. The Kier molecular flexibility index (Phi) is 5.05. The predicted octanol–water partition coefficient (Wildman–Crippen LogP) is 3.54. The fourth-order valence-corrected chi connectivity index (χ4v) is 3.15. The Morgan fingerprint density at radius 3 is 2.34 bits per heavy atom. The number of nitrogens with one attached hydrogen (secondary N) is 2. The van der Waals surface area contributed by atoms with Crippen LogP contribution in [0.1, 0.15) is 36.7 Å². The van der Waals surface area contributed by atoms with Crippen molar-refractivity contribution in [2.24, 2.45) is 0 Å². The highest BCUT2D eigenvalue weighted by atomic mass is 16.6. The van der Waals surface area contributed by atoms with Gasteiger partial charge in [-0.05, 0) is 23.1 Å². The molecule has 2 aromatic heterocycles. The first-order valence-electron chi connectivity index (χ1n) is 9.79. The number of carbonyl (C=O) groups is 1. The molecule has 0 aliphatic heterocycles. The van der Waals surface area contributed by atoms with Crippen molar-refractivity contribution < 1.29 is 9.72 Å². The van der Waals surface area contributed by atoms with Crippen molar-refractivity contribution in [3.05, 3.63) is 86.2 Å². The van der Waals surface area contributed by atoms with E-state index in [0.717, 1.165) is 11.1 Å². The third-order valence-electron chi connectivity index (χ3n) is 4.93. The summed E-state index contributed by atoms with van der Waals surface area (Å²) < 4.78 is 1.33. The Bertz CT molecular complexity index is 1380. The number of hydrogen-bond donors (Lipinski definition) is 2. The number of aromatic amines is 1. The van der Waals surface area contributed by atoms with Gasteiger partial charge in [0, 0.05) is 29.3 Å². The third-order valence-corrected chi connectivity index (χ3v) is 4.93. The fraction of sp³-hybridized carbons (Fsp3) is 0.182. The van der Waals surface area contributed by atoms with Gasteiger partial charge in [-0.2, -0.15) is 9.50 Å². The van der Waals surface area contributed by atoms with Gasteiger partial charge in [-0.15, -0.1) is 5.10 Å². The molecule has 2 N–H and O–H groups in total. The molecule has 0 saturated carbocycles. The Hall–Kier alpha value is -4.34. The number of amides is 1. The lowest BCUT2D eigenvalue weighted by molar-refractivity contribution is -0.384. The first kappa shape index (κ1) is 20.9. The molecule has 10 nitrogen and oxygen atoms in total. The van der Waals surface area contributed by atoms with E-state index in [2.05, 4.69) is 41.2 Å². The summed E-state index contributed by atoms with van der Waals surface area (Å²) in [6, 6.07) is 14.1. The van der Waals surface area contributed by atoms with Crippen LogP contribution in [0.4, 0.5) is 11.5 Å². The van der Waals surface area contributed by atoms with Crippen LogP contribution in [0.3, 0.4) is 0 Å². The minimum atomic E-state index is -0.549. The van der Waals surface area contributed by atoms with Crippen molar-refractivity contribution in [1.29, 1.82) is 0 Å². The van der Waals surface area contributed by atoms with Gasteiger partial charge in [0.05, 0.1) is 4.92 Å². The number of hydrogen-bond acceptors (Lipinski definition) is 6. The molecule has 0 aliphatic rings. The first-order chi connectivity index (χ1) is 15.1. The van der Waals surface area contributed by atoms with Gasteiger partial charge in [0.1, 0.15) is 5.82 Å². The van der Waals surface area contributed by atoms with Crippen LogP contribution in [0.15, 0.2) is 59.4 Å². The smallest absolute Gasteiger partial charge is 0.269 e. The van der Waals surface area contributed by atoms with Crippen LogP contribution in [0.25, 0.3) is 17.2 Å². The van der Waals surface area contributed by atoms with Crippen molar-refractivity contribution in [2.45, 2.75) is 26.2 Å². The molecule has 32 heavy (non-hydrogen) atoms. The molecular weight excluding hydrogens is 412 g/mol. The van der Waals surface area contributed by atoms with E-state index in [0.29, 0.717) is 5.82 Å². The van der Waals surface area contributed by atoms with Gasteiger partial charge in [0.2, 0.25) is 5.78 Å². The molecule has 10 heteroatoms. The summed E-state index contributed by atoms with van der Waals surface area (Å²) in [5.41, 5.74) is 1.54. The number of benzene rings is 2. The monoisotopic (exact) mass is 432 g/mol. The van der Waals surface area contributed by atoms with Crippen molar-refractivity contribution in [3.63, 3.8) is 0 Å². The van der Waals surface area contributed by atoms with Gasteiger partial charge in [-0.3, -0.25) is 24.7 Å². The van der Waals surface area contributed by atoms with E-state index in [1.807, 2.05) is 24.3 Å². The molecule has 0 unspecified atom stereocenters. The second-order valence-corrected chi connectivity index (χ2v) is 8.28. The number of anilines is 1. The van der Waals surface area contributed by atoms with Gasteiger partial charge < -0.3 is 5.32 Å². The minimum absolute atomic E-state index is 0.00538. The maximum Gasteiger partial charge on any atom is 0.269 e. The summed E-state index contributed by atoms with van der Waals surface area (Å²) in [6.45, 7) is 6.36. The average molecular weight is 432 g/mol. The SMILES string of the molecule is CC(C)(C)c1ccc(-c2nc3[nH]c(=O)cc(NC(=O)c4ccc([N+](=O)[O-])cc4)n3n2)cc1. The molecule has 0 spiro atoms. The van der Waals surface area contributed by atoms with Crippen LogP contribution in [0.5, 0.6) is 0 Å². The second kappa shape index (κ2) is 7.73. The fourth-order valence-electron chi connectivity index (χ4n) is 3.15. The molecule has 2 aromatic carbocycles. The molecule has 0 fully saturated rings. The number of rotatable bonds is 4. The summed E-state index contributed by atoms with van der Waals surface area (Å²) >= 11 is 0. The molecule has 0 bridgehead atoms. The number of nitro benzene ring substituents is 1. The van der Waals surface area contributed by atoms with Gasteiger partial charge >= 0.3 is 0 Å². The van der Waals surface area contributed by atoms with Crippen LogP contribution in [-0.2, 0) is 5.41 Å². The summed E-state index contributed by atoms with van der Waals surface area (Å²) in [6.07, 6.45) is 0. The molecule has 4 aromatic rings. The lowest BCUT2D eigenvalue weighted by Gasteiger charge is -2.18. The van der Waals surface area contributed by atoms with E-state index in [1.165, 1.54) is 34.8 Å². The van der Waals surface area contributed by atoms with Crippen LogP contribution < -0.4 is 10.9 Å². The maximum atomic E-state index is 12.6. The number of H-pyrrole nitrogens is 1. The highest BCUT2D eigenvalue weighted by Gasteiger charge is 2.17. The number of aromatic nitrogens is 4. The number of non-ortho nitro benzene ring substituents is 1.